The number of carbonyl (C=O) groups excluding carboxylic acids is 2. The van der Waals surface area contributed by atoms with Crippen molar-refractivity contribution in [1.29, 1.82) is 0 Å². The van der Waals surface area contributed by atoms with E-state index in [2.05, 4.69) is 10.6 Å². The Morgan fingerprint density at radius 2 is 2.08 bits per heavy atom. The molecule has 1 aliphatic rings. The lowest BCUT2D eigenvalue weighted by Gasteiger charge is -2.21. The van der Waals surface area contributed by atoms with E-state index in [1.807, 2.05) is 24.3 Å². The highest BCUT2D eigenvalue weighted by Crippen LogP contribution is 2.34. The SMILES string of the molecule is Cc1ccc(C(C)(O)CNC(=O)CC2C(=O)Nc3ccccc32)o1. The second-order valence-corrected chi connectivity index (χ2v) is 6.29. The average Bonchev–Trinajstić information content (AvgIpc) is 3.10. The monoisotopic (exact) mass is 328 g/mol. The number of aliphatic hydroxyl groups is 1. The fourth-order valence-electron chi connectivity index (χ4n) is 2.82. The fourth-order valence-corrected chi connectivity index (χ4v) is 2.82. The van der Waals surface area contributed by atoms with E-state index in [1.54, 1.807) is 26.0 Å². The Balaban J connectivity index is 1.61. The molecule has 2 unspecified atom stereocenters. The number of fused-ring (bicyclic) bond motifs is 1. The maximum atomic E-state index is 12.2. The van der Waals surface area contributed by atoms with Gasteiger partial charge in [-0.15, -0.1) is 0 Å². The van der Waals surface area contributed by atoms with E-state index in [1.165, 1.54) is 0 Å². The fraction of sp³-hybridized carbons (Fsp3) is 0.333. The van der Waals surface area contributed by atoms with Crippen molar-refractivity contribution in [2.75, 3.05) is 11.9 Å². The van der Waals surface area contributed by atoms with Crippen LogP contribution in [0.2, 0.25) is 0 Å². The number of furan rings is 1. The molecule has 0 spiro atoms. The summed E-state index contributed by atoms with van der Waals surface area (Å²) in [7, 11) is 0. The Morgan fingerprint density at radius 3 is 2.79 bits per heavy atom. The summed E-state index contributed by atoms with van der Waals surface area (Å²) >= 11 is 0. The lowest BCUT2D eigenvalue weighted by molar-refractivity contribution is -0.126. The molecule has 3 rings (SSSR count). The van der Waals surface area contributed by atoms with Gasteiger partial charge in [0.05, 0.1) is 12.5 Å². The zero-order valence-electron chi connectivity index (χ0n) is 13.6. The highest BCUT2D eigenvalue weighted by molar-refractivity contribution is 6.04. The average molecular weight is 328 g/mol. The van der Waals surface area contributed by atoms with Gasteiger partial charge in [-0.05, 0) is 37.6 Å². The minimum atomic E-state index is -1.31. The van der Waals surface area contributed by atoms with Gasteiger partial charge >= 0.3 is 0 Å². The van der Waals surface area contributed by atoms with Crippen molar-refractivity contribution in [1.82, 2.24) is 5.32 Å². The van der Waals surface area contributed by atoms with Gasteiger partial charge in [0.1, 0.15) is 17.1 Å². The van der Waals surface area contributed by atoms with Crippen LogP contribution in [0, 0.1) is 6.92 Å². The molecule has 126 valence electrons. The van der Waals surface area contributed by atoms with Gasteiger partial charge in [-0.1, -0.05) is 18.2 Å². The number of rotatable bonds is 5. The summed E-state index contributed by atoms with van der Waals surface area (Å²) in [4.78, 5) is 24.2. The van der Waals surface area contributed by atoms with E-state index in [0.717, 1.165) is 11.3 Å². The maximum Gasteiger partial charge on any atom is 0.232 e. The number of benzene rings is 1. The molecule has 1 aliphatic heterocycles. The second-order valence-electron chi connectivity index (χ2n) is 6.29. The van der Waals surface area contributed by atoms with Gasteiger partial charge in [0.15, 0.2) is 0 Å². The molecule has 24 heavy (non-hydrogen) atoms. The van der Waals surface area contributed by atoms with Gasteiger partial charge in [0, 0.05) is 12.1 Å². The smallest absolute Gasteiger partial charge is 0.232 e. The summed E-state index contributed by atoms with van der Waals surface area (Å²) in [5, 5.41) is 15.9. The molecule has 1 aromatic carbocycles. The highest BCUT2D eigenvalue weighted by atomic mass is 16.4. The number of para-hydroxylation sites is 1. The van der Waals surface area contributed by atoms with Crippen LogP contribution in [0.15, 0.2) is 40.8 Å². The predicted octanol–water partition coefficient (Wildman–Crippen LogP) is 2.04. The molecule has 0 bridgehead atoms. The van der Waals surface area contributed by atoms with Crippen LogP contribution in [0.1, 0.15) is 36.3 Å². The quantitative estimate of drug-likeness (QED) is 0.783. The second kappa shape index (κ2) is 6.13. The minimum absolute atomic E-state index is 0.00870. The first kappa shape index (κ1) is 16.3. The van der Waals surface area contributed by atoms with Crippen LogP contribution in [-0.2, 0) is 15.2 Å². The van der Waals surface area contributed by atoms with Gasteiger partial charge < -0.3 is 20.2 Å². The van der Waals surface area contributed by atoms with Crippen LogP contribution >= 0.6 is 0 Å². The van der Waals surface area contributed by atoms with Crippen LogP contribution < -0.4 is 10.6 Å². The number of nitrogens with one attached hydrogen (secondary N) is 2. The lowest BCUT2D eigenvalue weighted by Crippen LogP contribution is -2.39. The third-order valence-corrected chi connectivity index (χ3v) is 4.20. The van der Waals surface area contributed by atoms with E-state index in [0.29, 0.717) is 11.5 Å². The van der Waals surface area contributed by atoms with Crippen molar-refractivity contribution in [3.8, 4) is 0 Å². The van der Waals surface area contributed by atoms with E-state index in [4.69, 9.17) is 4.42 Å². The van der Waals surface area contributed by atoms with Crippen molar-refractivity contribution in [3.63, 3.8) is 0 Å². The molecule has 3 N–H and O–H groups in total. The predicted molar refractivity (Wildman–Crippen MR) is 88.5 cm³/mol. The lowest BCUT2D eigenvalue weighted by atomic mass is 9.96. The summed E-state index contributed by atoms with van der Waals surface area (Å²) in [6.07, 6.45) is 0.0378. The van der Waals surface area contributed by atoms with E-state index in [9.17, 15) is 14.7 Å². The molecule has 2 atom stereocenters. The number of aryl methyl sites for hydroxylation is 1. The molecule has 0 aliphatic carbocycles. The normalized spacial score (nSPS) is 18.6. The first-order chi connectivity index (χ1) is 11.4. The Morgan fingerprint density at radius 1 is 1.33 bits per heavy atom. The summed E-state index contributed by atoms with van der Waals surface area (Å²) in [6.45, 7) is 3.37. The number of amides is 2. The Hall–Kier alpha value is -2.60. The van der Waals surface area contributed by atoms with Gasteiger partial charge in [0.2, 0.25) is 11.8 Å². The minimum Gasteiger partial charge on any atom is -0.463 e. The van der Waals surface area contributed by atoms with Crippen LogP contribution in [-0.4, -0.2) is 23.5 Å². The first-order valence-electron chi connectivity index (χ1n) is 7.82. The van der Waals surface area contributed by atoms with E-state index < -0.39 is 11.5 Å². The third kappa shape index (κ3) is 3.19. The largest absolute Gasteiger partial charge is 0.463 e. The summed E-state index contributed by atoms with van der Waals surface area (Å²) < 4.78 is 5.41. The van der Waals surface area contributed by atoms with Crippen molar-refractivity contribution >= 4 is 17.5 Å². The summed E-state index contributed by atoms with van der Waals surface area (Å²) in [5.41, 5.74) is 0.268. The zero-order chi connectivity index (χ0) is 17.3. The molecule has 6 nitrogen and oxygen atoms in total. The summed E-state index contributed by atoms with van der Waals surface area (Å²) in [5.74, 6) is 0.104. The number of hydrogen-bond acceptors (Lipinski definition) is 4. The van der Waals surface area contributed by atoms with Gasteiger partial charge in [0.25, 0.3) is 0 Å². The number of hydrogen-bond donors (Lipinski definition) is 3. The van der Waals surface area contributed by atoms with Gasteiger partial charge in [-0.3, -0.25) is 9.59 Å². The molecule has 0 saturated carbocycles. The van der Waals surface area contributed by atoms with Crippen LogP contribution in [0.3, 0.4) is 0 Å². The Labute approximate surface area is 139 Å². The third-order valence-electron chi connectivity index (χ3n) is 4.20. The van der Waals surface area contributed by atoms with Crippen molar-refractivity contribution in [2.45, 2.75) is 31.8 Å². The Bertz CT molecular complexity index is 779. The van der Waals surface area contributed by atoms with Crippen molar-refractivity contribution in [3.05, 3.63) is 53.5 Å². The topological polar surface area (TPSA) is 91.6 Å². The van der Waals surface area contributed by atoms with Gasteiger partial charge in [-0.2, -0.15) is 0 Å². The molecule has 0 radical (unpaired) electrons. The molecule has 2 amide bonds. The molecule has 1 aromatic heterocycles. The number of anilines is 1. The van der Waals surface area contributed by atoms with Crippen LogP contribution in [0.5, 0.6) is 0 Å². The van der Waals surface area contributed by atoms with E-state index >= 15 is 0 Å². The standard InChI is InChI=1S/C18H20N2O4/c1-11-7-8-15(24-11)18(2,23)10-19-16(21)9-13-12-5-3-4-6-14(12)20-17(13)22/h3-8,13,23H,9-10H2,1-2H3,(H,19,21)(H,20,22). The highest BCUT2D eigenvalue weighted by Gasteiger charge is 2.33. The van der Waals surface area contributed by atoms with Crippen LogP contribution in [0.25, 0.3) is 0 Å². The van der Waals surface area contributed by atoms with Crippen LogP contribution in [0.4, 0.5) is 5.69 Å². The molecule has 0 fully saturated rings. The molecule has 0 saturated heterocycles. The molecule has 2 heterocycles. The maximum absolute atomic E-state index is 12.2. The summed E-state index contributed by atoms with van der Waals surface area (Å²) in [6, 6.07) is 10.8. The van der Waals surface area contributed by atoms with Crippen molar-refractivity contribution in [2.24, 2.45) is 0 Å². The Kier molecular flexibility index (Phi) is 4.15. The van der Waals surface area contributed by atoms with Gasteiger partial charge in [-0.25, -0.2) is 0 Å². The van der Waals surface area contributed by atoms with E-state index in [-0.39, 0.29) is 24.8 Å². The zero-order valence-corrected chi connectivity index (χ0v) is 13.6. The molecular formula is C18H20N2O4. The number of carbonyl (C=O) groups is 2. The molecule has 2 aromatic rings. The molecule has 6 heteroatoms. The first-order valence-corrected chi connectivity index (χ1v) is 7.82. The van der Waals surface area contributed by atoms with Crippen molar-refractivity contribution < 1.29 is 19.1 Å². The molecular weight excluding hydrogens is 308 g/mol.